The van der Waals surface area contributed by atoms with Crippen LogP contribution in [-0.2, 0) is 4.79 Å². The Kier molecular flexibility index (Phi) is 2.28. The van der Waals surface area contributed by atoms with Gasteiger partial charge in [0.05, 0.1) is 6.21 Å². The topological polar surface area (TPSA) is 32.4 Å². The van der Waals surface area contributed by atoms with E-state index in [9.17, 15) is 4.79 Å². The molecule has 1 aromatic rings. The molecule has 0 saturated carbocycles. The van der Waals surface area contributed by atoms with Crippen molar-refractivity contribution in [3.05, 3.63) is 30.3 Å². The average Bonchev–Trinajstić information content (AvgIpc) is 2.23. The Morgan fingerprint density at radius 1 is 1.21 bits per heavy atom. The Morgan fingerprint density at radius 2 is 1.93 bits per heavy atom. The van der Waals surface area contributed by atoms with Crippen molar-refractivity contribution in [2.45, 2.75) is 0 Å². The van der Waals surface area contributed by atoms with Crippen molar-refractivity contribution in [1.82, 2.24) is 0 Å². The van der Waals surface area contributed by atoms with E-state index in [4.69, 9.17) is 12.2 Å². The van der Waals surface area contributed by atoms with Gasteiger partial charge >= 0.3 is 5.91 Å². The van der Waals surface area contributed by atoms with Gasteiger partial charge in [0.15, 0.2) is 6.21 Å². The van der Waals surface area contributed by atoms with E-state index in [-0.39, 0.29) is 10.9 Å². The number of aliphatic imine (C=N–C) groups is 1. The number of carbonyl (C=O) groups is 1. The lowest BCUT2D eigenvalue weighted by Crippen LogP contribution is -2.27. The molecule has 4 heteroatoms. The van der Waals surface area contributed by atoms with Crippen molar-refractivity contribution in [2.75, 3.05) is 0 Å². The highest BCUT2D eigenvalue weighted by atomic mass is 32.1. The molecule has 0 N–H and O–H groups in total. The molecule has 0 aliphatic carbocycles. The summed E-state index contributed by atoms with van der Waals surface area (Å²) in [5.74, 6) is -0.256. The zero-order chi connectivity index (χ0) is 9.97. The second kappa shape index (κ2) is 3.59. The number of rotatable bonds is 1. The standard InChI is InChI=1S/C10H7N2OS/c13-10-9(14)11-6-7-12(10)8-4-2-1-3-5-8/h1-7H/q+1. The van der Waals surface area contributed by atoms with E-state index >= 15 is 0 Å². The van der Waals surface area contributed by atoms with E-state index in [0.717, 1.165) is 5.69 Å². The quantitative estimate of drug-likeness (QED) is 0.509. The van der Waals surface area contributed by atoms with E-state index in [1.165, 1.54) is 10.8 Å². The van der Waals surface area contributed by atoms with E-state index in [1.54, 1.807) is 6.21 Å². The molecule has 1 heterocycles. The highest BCUT2D eigenvalue weighted by molar-refractivity contribution is 7.82. The average molecular weight is 203 g/mol. The van der Waals surface area contributed by atoms with Crippen LogP contribution in [0.25, 0.3) is 0 Å². The fourth-order valence-corrected chi connectivity index (χ4v) is 1.34. The molecule has 1 aliphatic rings. The molecular weight excluding hydrogens is 196 g/mol. The van der Waals surface area contributed by atoms with Gasteiger partial charge in [0.2, 0.25) is 10.7 Å². The Morgan fingerprint density at radius 3 is 2.64 bits per heavy atom. The minimum Gasteiger partial charge on any atom is -0.229 e. The Labute approximate surface area is 86.4 Å². The predicted molar refractivity (Wildman–Crippen MR) is 58.5 cm³/mol. The summed E-state index contributed by atoms with van der Waals surface area (Å²) >= 11 is 4.80. The molecule has 0 fully saturated rings. The number of nitrogens with zero attached hydrogens (tertiary/aromatic N) is 2. The first-order chi connectivity index (χ1) is 6.79. The van der Waals surface area contributed by atoms with Crippen molar-refractivity contribution in [3.8, 4) is 0 Å². The second-order valence-corrected chi connectivity index (χ2v) is 3.13. The first-order valence-corrected chi connectivity index (χ1v) is 4.50. The van der Waals surface area contributed by atoms with Crippen molar-refractivity contribution in [1.29, 1.82) is 0 Å². The number of amides is 1. The van der Waals surface area contributed by atoms with E-state index in [2.05, 4.69) is 4.99 Å². The number of hydrogen-bond donors (Lipinski definition) is 0. The monoisotopic (exact) mass is 203 g/mol. The summed E-state index contributed by atoms with van der Waals surface area (Å²) in [6.07, 6.45) is 3.13. The Balaban J connectivity index is 2.45. The number of thiocarbonyl (C=S) groups is 1. The molecule has 2 rings (SSSR count). The minimum atomic E-state index is -0.256. The van der Waals surface area contributed by atoms with Crippen molar-refractivity contribution in [2.24, 2.45) is 4.99 Å². The Bertz CT molecular complexity index is 448. The molecule has 0 saturated heterocycles. The lowest BCUT2D eigenvalue weighted by molar-refractivity contribution is -0.351. The molecule has 1 aliphatic heterocycles. The van der Waals surface area contributed by atoms with Crippen LogP contribution in [-0.4, -0.2) is 27.9 Å². The first-order valence-electron chi connectivity index (χ1n) is 4.09. The number of para-hydroxylation sites is 1. The lowest BCUT2D eigenvalue weighted by Gasteiger charge is -2.00. The van der Waals surface area contributed by atoms with Crippen LogP contribution in [0, 0.1) is 0 Å². The van der Waals surface area contributed by atoms with Crippen LogP contribution < -0.4 is 0 Å². The van der Waals surface area contributed by atoms with Crippen LogP contribution in [0.1, 0.15) is 0 Å². The van der Waals surface area contributed by atoms with Gasteiger partial charge in [-0.25, -0.2) is 9.79 Å². The van der Waals surface area contributed by atoms with E-state index in [1.807, 2.05) is 30.3 Å². The molecule has 0 atom stereocenters. The van der Waals surface area contributed by atoms with Crippen LogP contribution in [0.4, 0.5) is 5.69 Å². The second-order valence-electron chi connectivity index (χ2n) is 2.74. The van der Waals surface area contributed by atoms with E-state index < -0.39 is 0 Å². The van der Waals surface area contributed by atoms with Gasteiger partial charge in [-0.15, -0.1) is 4.58 Å². The molecule has 1 amide bonds. The molecule has 0 spiro atoms. The zero-order valence-corrected chi connectivity index (χ0v) is 8.07. The fraction of sp³-hybridized carbons (Fsp3) is 0. The summed E-state index contributed by atoms with van der Waals surface area (Å²) in [5.41, 5.74) is 0.797. The maximum Gasteiger partial charge on any atom is 0.454 e. The first kappa shape index (κ1) is 8.90. The van der Waals surface area contributed by atoms with Crippen molar-refractivity contribution in [3.63, 3.8) is 0 Å². The highest BCUT2D eigenvalue weighted by Gasteiger charge is 2.26. The molecule has 0 radical (unpaired) electrons. The lowest BCUT2D eigenvalue weighted by atomic mass is 10.3. The van der Waals surface area contributed by atoms with Gasteiger partial charge in [-0.05, 0) is 12.2 Å². The molecule has 3 nitrogen and oxygen atoms in total. The highest BCUT2D eigenvalue weighted by Crippen LogP contribution is 2.11. The summed E-state index contributed by atoms with van der Waals surface area (Å²) in [7, 11) is 0. The normalized spacial score (nSPS) is 15.6. The van der Waals surface area contributed by atoms with Gasteiger partial charge in [0.1, 0.15) is 0 Å². The summed E-state index contributed by atoms with van der Waals surface area (Å²) < 4.78 is 1.48. The van der Waals surface area contributed by atoms with Gasteiger partial charge in [-0.1, -0.05) is 18.2 Å². The summed E-state index contributed by atoms with van der Waals surface area (Å²) in [4.78, 5) is 15.4. The molecule has 0 bridgehead atoms. The Hall–Kier alpha value is -1.68. The van der Waals surface area contributed by atoms with Gasteiger partial charge in [0.25, 0.3) is 0 Å². The maximum absolute atomic E-state index is 11.6. The minimum absolute atomic E-state index is 0.0938. The van der Waals surface area contributed by atoms with Crippen LogP contribution in [0.2, 0.25) is 0 Å². The third-order valence-corrected chi connectivity index (χ3v) is 2.12. The van der Waals surface area contributed by atoms with Gasteiger partial charge in [-0.2, -0.15) is 0 Å². The van der Waals surface area contributed by atoms with Gasteiger partial charge in [-0.3, -0.25) is 0 Å². The third-order valence-electron chi connectivity index (χ3n) is 1.84. The van der Waals surface area contributed by atoms with Crippen molar-refractivity contribution >= 4 is 41.2 Å². The summed E-state index contributed by atoms with van der Waals surface area (Å²) in [6.45, 7) is 0. The fourth-order valence-electron chi connectivity index (χ4n) is 1.19. The van der Waals surface area contributed by atoms with Crippen LogP contribution in [0.3, 0.4) is 0 Å². The molecule has 1 aromatic carbocycles. The zero-order valence-electron chi connectivity index (χ0n) is 7.25. The number of benzene rings is 1. The SMILES string of the molecule is O=C1C(=S)N=CC=[N+]1c1ccccc1. The van der Waals surface area contributed by atoms with Crippen molar-refractivity contribution < 1.29 is 9.37 Å². The molecule has 0 unspecified atom stereocenters. The smallest absolute Gasteiger partial charge is 0.229 e. The summed E-state index contributed by atoms with van der Waals surface area (Å²) in [6, 6.07) is 9.31. The van der Waals surface area contributed by atoms with E-state index in [0.29, 0.717) is 0 Å². The summed E-state index contributed by atoms with van der Waals surface area (Å²) in [5, 5.41) is 0. The predicted octanol–water partition coefficient (Wildman–Crippen LogP) is 1.34. The number of hydrogen-bond acceptors (Lipinski definition) is 2. The van der Waals surface area contributed by atoms with Crippen LogP contribution >= 0.6 is 12.2 Å². The third kappa shape index (κ3) is 1.52. The molecular formula is C10H7N2OS+. The molecule has 68 valence electrons. The maximum atomic E-state index is 11.6. The van der Waals surface area contributed by atoms with Crippen LogP contribution in [0.5, 0.6) is 0 Å². The van der Waals surface area contributed by atoms with Crippen LogP contribution in [0.15, 0.2) is 35.3 Å². The molecule has 14 heavy (non-hydrogen) atoms. The number of carbonyl (C=O) groups excluding carboxylic acids is 1. The largest absolute Gasteiger partial charge is 0.454 e. The van der Waals surface area contributed by atoms with Gasteiger partial charge in [0, 0.05) is 12.1 Å². The molecule has 0 aromatic heterocycles. The van der Waals surface area contributed by atoms with Gasteiger partial charge < -0.3 is 0 Å².